The second-order valence-corrected chi connectivity index (χ2v) is 4.14. The van der Waals surface area contributed by atoms with Crippen molar-refractivity contribution >= 4 is 11.9 Å². The molecule has 0 aromatic heterocycles. The van der Waals surface area contributed by atoms with E-state index in [0.717, 1.165) is 5.56 Å². The molecule has 0 saturated heterocycles. The highest BCUT2D eigenvalue weighted by atomic mass is 16.4. The maximum atomic E-state index is 11.2. The molecular weight excluding hydrogens is 242 g/mol. The van der Waals surface area contributed by atoms with Gasteiger partial charge in [-0.3, -0.25) is 0 Å². The van der Waals surface area contributed by atoms with Gasteiger partial charge in [0.1, 0.15) is 5.94 Å². The van der Waals surface area contributed by atoms with Crippen LogP contribution in [0.25, 0.3) is 0 Å². The lowest BCUT2D eigenvalue weighted by Crippen LogP contribution is -2.36. The molecule has 19 heavy (non-hydrogen) atoms. The van der Waals surface area contributed by atoms with Crippen LogP contribution in [0.3, 0.4) is 0 Å². The van der Waals surface area contributed by atoms with Gasteiger partial charge in [0.05, 0.1) is 17.2 Å². The predicted octanol–water partition coefficient (Wildman–Crippen LogP) is 1.48. The monoisotopic (exact) mass is 255 g/mol. The van der Waals surface area contributed by atoms with Gasteiger partial charge in [-0.1, -0.05) is 36.4 Å². The van der Waals surface area contributed by atoms with Crippen LogP contribution < -0.4 is 5.32 Å². The first kappa shape index (κ1) is 13.0. The number of carboxylic acids is 1. The van der Waals surface area contributed by atoms with Crippen molar-refractivity contribution in [1.82, 2.24) is 5.32 Å². The van der Waals surface area contributed by atoms with E-state index in [1.807, 2.05) is 30.3 Å². The third kappa shape index (κ3) is 3.07. The molecule has 0 spiro atoms. The standard InChI is InChI=1S/C15H13NO3/c17-10-12-7-4-8-13(15(18)19)14(12)16-9-11-5-2-1-3-6-11/h1-8,14,16H,9H2,(H,18,19). The molecule has 1 aliphatic rings. The second kappa shape index (κ2) is 5.96. The Labute approximate surface area is 110 Å². The first-order valence-electron chi connectivity index (χ1n) is 5.86. The number of carboxylic acid groups (broad SMARTS) is 1. The molecule has 0 heterocycles. The van der Waals surface area contributed by atoms with E-state index in [-0.39, 0.29) is 5.57 Å². The highest BCUT2D eigenvalue weighted by Crippen LogP contribution is 2.17. The van der Waals surface area contributed by atoms with E-state index < -0.39 is 12.0 Å². The Morgan fingerprint density at radius 3 is 2.68 bits per heavy atom. The van der Waals surface area contributed by atoms with E-state index in [4.69, 9.17) is 5.11 Å². The van der Waals surface area contributed by atoms with Crippen molar-refractivity contribution in [2.45, 2.75) is 12.6 Å². The molecule has 0 radical (unpaired) electrons. The fraction of sp³-hybridized carbons (Fsp3) is 0.133. The van der Waals surface area contributed by atoms with Crippen LogP contribution in [-0.4, -0.2) is 23.1 Å². The molecule has 0 bridgehead atoms. The van der Waals surface area contributed by atoms with E-state index in [1.54, 1.807) is 18.1 Å². The zero-order valence-corrected chi connectivity index (χ0v) is 10.2. The lowest BCUT2D eigenvalue weighted by molar-refractivity contribution is -0.132. The Morgan fingerprint density at radius 1 is 1.32 bits per heavy atom. The van der Waals surface area contributed by atoms with E-state index in [2.05, 4.69) is 5.32 Å². The van der Waals surface area contributed by atoms with Crippen LogP contribution >= 0.6 is 0 Å². The molecule has 2 rings (SSSR count). The Hall–Kier alpha value is -2.42. The van der Waals surface area contributed by atoms with E-state index in [0.29, 0.717) is 12.1 Å². The summed E-state index contributed by atoms with van der Waals surface area (Å²) in [6, 6.07) is 8.96. The molecule has 0 aliphatic heterocycles. The zero-order valence-electron chi connectivity index (χ0n) is 10.2. The van der Waals surface area contributed by atoms with Crippen LogP contribution in [0, 0.1) is 0 Å². The summed E-state index contributed by atoms with van der Waals surface area (Å²) >= 11 is 0. The summed E-state index contributed by atoms with van der Waals surface area (Å²) < 4.78 is 0. The summed E-state index contributed by atoms with van der Waals surface area (Å²) in [5, 5.41) is 12.2. The quantitative estimate of drug-likeness (QED) is 0.800. The van der Waals surface area contributed by atoms with Gasteiger partial charge in [-0.05, 0) is 17.7 Å². The van der Waals surface area contributed by atoms with Gasteiger partial charge in [-0.2, -0.15) is 0 Å². The normalized spacial score (nSPS) is 17.8. The number of rotatable bonds is 4. The minimum atomic E-state index is -1.04. The fourth-order valence-corrected chi connectivity index (χ4v) is 1.94. The highest BCUT2D eigenvalue weighted by Gasteiger charge is 2.25. The molecule has 0 saturated carbocycles. The average molecular weight is 255 g/mol. The van der Waals surface area contributed by atoms with Crippen LogP contribution in [0.15, 0.2) is 59.7 Å². The Kier molecular flexibility index (Phi) is 4.08. The number of benzene rings is 1. The van der Waals surface area contributed by atoms with Crippen molar-refractivity contribution in [3.8, 4) is 0 Å². The van der Waals surface area contributed by atoms with Gasteiger partial charge in [-0.25, -0.2) is 9.59 Å². The smallest absolute Gasteiger partial charge is 0.333 e. The molecule has 4 nitrogen and oxygen atoms in total. The van der Waals surface area contributed by atoms with Gasteiger partial charge in [0.2, 0.25) is 0 Å². The minimum Gasteiger partial charge on any atom is -0.478 e. The van der Waals surface area contributed by atoms with Crippen LogP contribution in [-0.2, 0) is 16.1 Å². The average Bonchev–Trinajstić information content (AvgIpc) is 2.45. The SMILES string of the molecule is O=C=C1C=CC=C(C(=O)O)C1NCc1ccccc1. The van der Waals surface area contributed by atoms with E-state index >= 15 is 0 Å². The van der Waals surface area contributed by atoms with Gasteiger partial charge in [0.25, 0.3) is 0 Å². The number of aliphatic carboxylic acids is 1. The number of allylic oxidation sites excluding steroid dienone is 2. The van der Waals surface area contributed by atoms with Crippen molar-refractivity contribution in [3.63, 3.8) is 0 Å². The van der Waals surface area contributed by atoms with E-state index in [1.165, 1.54) is 6.08 Å². The van der Waals surface area contributed by atoms with Crippen molar-refractivity contribution < 1.29 is 14.7 Å². The molecule has 1 aliphatic carbocycles. The number of hydrogen-bond donors (Lipinski definition) is 2. The van der Waals surface area contributed by atoms with Crippen LogP contribution in [0.4, 0.5) is 0 Å². The summed E-state index contributed by atoms with van der Waals surface area (Å²) in [6.45, 7) is 0.481. The number of hydrogen-bond acceptors (Lipinski definition) is 3. The molecule has 4 heteroatoms. The predicted molar refractivity (Wildman–Crippen MR) is 71.1 cm³/mol. The second-order valence-electron chi connectivity index (χ2n) is 4.14. The molecule has 0 amide bonds. The molecular formula is C15H13NO3. The third-order valence-corrected chi connectivity index (χ3v) is 2.89. The molecule has 1 atom stereocenters. The van der Waals surface area contributed by atoms with Crippen LogP contribution in [0.2, 0.25) is 0 Å². The Morgan fingerprint density at radius 2 is 2.05 bits per heavy atom. The van der Waals surface area contributed by atoms with Crippen molar-refractivity contribution in [2.75, 3.05) is 0 Å². The summed E-state index contributed by atoms with van der Waals surface area (Å²) in [4.78, 5) is 22.0. The molecule has 1 unspecified atom stereocenters. The summed E-state index contributed by atoms with van der Waals surface area (Å²) in [5.41, 5.74) is 1.47. The fourth-order valence-electron chi connectivity index (χ4n) is 1.94. The van der Waals surface area contributed by atoms with Gasteiger partial charge in [-0.15, -0.1) is 0 Å². The summed E-state index contributed by atoms with van der Waals surface area (Å²) in [7, 11) is 0. The Balaban J connectivity index is 2.16. The van der Waals surface area contributed by atoms with Crippen molar-refractivity contribution in [3.05, 3.63) is 65.3 Å². The Bertz CT molecular complexity index is 581. The largest absolute Gasteiger partial charge is 0.478 e. The number of nitrogens with one attached hydrogen (secondary N) is 1. The van der Waals surface area contributed by atoms with Gasteiger partial charge in [0.15, 0.2) is 0 Å². The van der Waals surface area contributed by atoms with Crippen molar-refractivity contribution in [2.24, 2.45) is 0 Å². The molecule has 1 aromatic carbocycles. The third-order valence-electron chi connectivity index (χ3n) is 2.89. The van der Waals surface area contributed by atoms with Gasteiger partial charge >= 0.3 is 5.97 Å². The summed E-state index contributed by atoms with van der Waals surface area (Å²) in [6.07, 6.45) is 4.61. The molecule has 96 valence electrons. The zero-order chi connectivity index (χ0) is 13.7. The van der Waals surface area contributed by atoms with Crippen LogP contribution in [0.1, 0.15) is 5.56 Å². The maximum absolute atomic E-state index is 11.2. The lowest BCUT2D eigenvalue weighted by Gasteiger charge is -2.20. The minimum absolute atomic E-state index is 0.150. The first-order chi connectivity index (χ1) is 9.22. The number of carbonyl (C=O) groups is 1. The van der Waals surface area contributed by atoms with Gasteiger partial charge in [0, 0.05) is 6.54 Å². The first-order valence-corrected chi connectivity index (χ1v) is 5.86. The topological polar surface area (TPSA) is 66.4 Å². The molecule has 1 aromatic rings. The lowest BCUT2D eigenvalue weighted by atomic mass is 9.94. The van der Waals surface area contributed by atoms with Gasteiger partial charge < -0.3 is 10.4 Å². The van der Waals surface area contributed by atoms with E-state index in [9.17, 15) is 9.59 Å². The maximum Gasteiger partial charge on any atom is 0.333 e. The molecule has 0 fully saturated rings. The number of carbonyl (C=O) groups excluding carboxylic acids is 1. The molecule has 2 N–H and O–H groups in total. The van der Waals surface area contributed by atoms with Crippen LogP contribution in [0.5, 0.6) is 0 Å². The summed E-state index contributed by atoms with van der Waals surface area (Å²) in [5.74, 6) is 0.749. The van der Waals surface area contributed by atoms with Crippen molar-refractivity contribution in [1.29, 1.82) is 0 Å². The highest BCUT2D eigenvalue weighted by molar-refractivity contribution is 5.91.